The Kier molecular flexibility index (Phi) is 4.57. The molecule has 1 aromatic carbocycles. The Hall–Kier alpha value is -2.08. The molecule has 0 atom stereocenters. The minimum Gasteiger partial charge on any atom is -0.494 e. The quantitative estimate of drug-likeness (QED) is 0.918. The molecule has 0 saturated carbocycles. The van der Waals surface area contributed by atoms with E-state index in [1.165, 1.54) is 11.3 Å². The molecule has 0 radical (unpaired) electrons. The molecule has 20 heavy (non-hydrogen) atoms. The summed E-state index contributed by atoms with van der Waals surface area (Å²) >= 11 is 1.27. The van der Waals surface area contributed by atoms with Crippen LogP contribution < -0.4 is 10.5 Å². The largest absolute Gasteiger partial charge is 0.494 e. The van der Waals surface area contributed by atoms with E-state index in [9.17, 15) is 4.79 Å². The van der Waals surface area contributed by atoms with E-state index in [0.29, 0.717) is 24.0 Å². The van der Waals surface area contributed by atoms with E-state index in [2.05, 4.69) is 4.98 Å². The van der Waals surface area contributed by atoms with Gasteiger partial charge in [-0.2, -0.15) is 0 Å². The molecule has 0 fully saturated rings. The average molecular weight is 291 g/mol. The maximum absolute atomic E-state index is 12.1. The number of carbonyl (C=O) groups is 1. The van der Waals surface area contributed by atoms with Gasteiger partial charge in [0.2, 0.25) is 0 Å². The van der Waals surface area contributed by atoms with Crippen molar-refractivity contribution >= 4 is 22.4 Å². The van der Waals surface area contributed by atoms with Crippen molar-refractivity contribution in [3.8, 4) is 5.75 Å². The lowest BCUT2D eigenvalue weighted by atomic mass is 10.2. The number of amides is 1. The molecule has 6 heteroatoms. The summed E-state index contributed by atoms with van der Waals surface area (Å²) in [6.07, 6.45) is 0. The number of carbonyl (C=O) groups excluding carboxylic acids is 1. The van der Waals surface area contributed by atoms with Gasteiger partial charge >= 0.3 is 0 Å². The summed E-state index contributed by atoms with van der Waals surface area (Å²) < 4.78 is 5.38. The van der Waals surface area contributed by atoms with Gasteiger partial charge in [0.25, 0.3) is 5.91 Å². The molecule has 1 aromatic heterocycles. The highest BCUT2D eigenvalue weighted by Crippen LogP contribution is 2.16. The van der Waals surface area contributed by atoms with Crippen LogP contribution in [0.3, 0.4) is 0 Å². The van der Waals surface area contributed by atoms with Crippen molar-refractivity contribution in [1.29, 1.82) is 0 Å². The Morgan fingerprint density at radius 2 is 2.10 bits per heavy atom. The van der Waals surface area contributed by atoms with Gasteiger partial charge in [0.15, 0.2) is 5.13 Å². The van der Waals surface area contributed by atoms with Gasteiger partial charge in [-0.05, 0) is 24.6 Å². The number of aromatic nitrogens is 1. The third-order valence-electron chi connectivity index (χ3n) is 2.74. The summed E-state index contributed by atoms with van der Waals surface area (Å²) in [4.78, 5) is 17.7. The lowest BCUT2D eigenvalue weighted by Crippen LogP contribution is -2.26. The fraction of sp³-hybridized carbons (Fsp3) is 0.286. The molecule has 0 aliphatic carbocycles. The molecule has 0 spiro atoms. The van der Waals surface area contributed by atoms with Crippen molar-refractivity contribution in [2.75, 3.05) is 19.4 Å². The molecule has 2 N–H and O–H groups in total. The number of hydrogen-bond acceptors (Lipinski definition) is 5. The van der Waals surface area contributed by atoms with E-state index in [1.54, 1.807) is 17.3 Å². The maximum atomic E-state index is 12.1. The number of ether oxygens (including phenoxy) is 1. The number of benzene rings is 1. The van der Waals surface area contributed by atoms with Gasteiger partial charge in [0.05, 0.1) is 6.61 Å². The molecular weight excluding hydrogens is 274 g/mol. The second-order valence-corrected chi connectivity index (χ2v) is 5.20. The molecular formula is C14H17N3O2S. The molecule has 0 saturated heterocycles. The zero-order valence-electron chi connectivity index (χ0n) is 11.5. The van der Waals surface area contributed by atoms with Crippen LogP contribution in [0.25, 0.3) is 0 Å². The van der Waals surface area contributed by atoms with Crippen LogP contribution in [0.1, 0.15) is 23.0 Å². The third kappa shape index (κ3) is 3.48. The van der Waals surface area contributed by atoms with Gasteiger partial charge in [-0.25, -0.2) is 4.98 Å². The number of nitrogens with two attached hydrogens (primary N) is 1. The van der Waals surface area contributed by atoms with E-state index < -0.39 is 0 Å². The molecule has 1 amide bonds. The fourth-order valence-electron chi connectivity index (χ4n) is 1.78. The first-order chi connectivity index (χ1) is 9.60. The van der Waals surface area contributed by atoms with Gasteiger partial charge in [-0.3, -0.25) is 4.79 Å². The van der Waals surface area contributed by atoms with Crippen molar-refractivity contribution in [3.05, 3.63) is 40.9 Å². The monoisotopic (exact) mass is 291 g/mol. The minimum absolute atomic E-state index is 0.133. The lowest BCUT2D eigenvalue weighted by molar-refractivity contribution is 0.0780. The van der Waals surface area contributed by atoms with Crippen molar-refractivity contribution in [2.24, 2.45) is 0 Å². The van der Waals surface area contributed by atoms with Crippen molar-refractivity contribution in [1.82, 2.24) is 9.88 Å². The van der Waals surface area contributed by atoms with Crippen LogP contribution in [-0.4, -0.2) is 29.4 Å². The fourth-order valence-corrected chi connectivity index (χ4v) is 2.32. The molecule has 106 valence electrons. The Balaban J connectivity index is 2.00. The highest BCUT2D eigenvalue weighted by Gasteiger charge is 2.15. The molecule has 0 aliphatic heterocycles. The molecule has 0 unspecified atom stereocenters. The zero-order chi connectivity index (χ0) is 14.5. The van der Waals surface area contributed by atoms with E-state index in [0.717, 1.165) is 11.3 Å². The van der Waals surface area contributed by atoms with E-state index in [4.69, 9.17) is 10.5 Å². The van der Waals surface area contributed by atoms with Gasteiger partial charge in [0.1, 0.15) is 11.4 Å². The van der Waals surface area contributed by atoms with E-state index in [1.807, 2.05) is 31.2 Å². The van der Waals surface area contributed by atoms with Crippen LogP contribution in [0.5, 0.6) is 5.75 Å². The number of nitrogens with zero attached hydrogens (tertiary/aromatic N) is 2. The summed E-state index contributed by atoms with van der Waals surface area (Å²) in [6, 6.07) is 7.70. The summed E-state index contributed by atoms with van der Waals surface area (Å²) in [5.74, 6) is 0.698. The van der Waals surface area contributed by atoms with Gasteiger partial charge in [-0.15, -0.1) is 11.3 Å². The topological polar surface area (TPSA) is 68.5 Å². The Labute approximate surface area is 122 Å². The SMILES string of the molecule is CCOc1ccc(CN(C)C(=O)c2csc(N)n2)cc1. The first kappa shape index (κ1) is 14.3. The maximum Gasteiger partial charge on any atom is 0.273 e. The van der Waals surface area contributed by atoms with Crippen LogP contribution in [-0.2, 0) is 6.54 Å². The predicted molar refractivity (Wildman–Crippen MR) is 79.9 cm³/mol. The summed E-state index contributed by atoms with van der Waals surface area (Å²) in [5.41, 5.74) is 6.96. The first-order valence-electron chi connectivity index (χ1n) is 6.28. The third-order valence-corrected chi connectivity index (χ3v) is 3.42. The molecule has 0 aliphatic rings. The standard InChI is InChI=1S/C14H17N3O2S/c1-3-19-11-6-4-10(5-7-11)8-17(2)13(18)12-9-20-14(15)16-12/h4-7,9H,3,8H2,1-2H3,(H2,15,16). The van der Waals surface area contributed by atoms with Crippen LogP contribution in [0.2, 0.25) is 0 Å². The van der Waals surface area contributed by atoms with E-state index >= 15 is 0 Å². The first-order valence-corrected chi connectivity index (χ1v) is 7.16. The average Bonchev–Trinajstić information content (AvgIpc) is 2.87. The molecule has 0 bridgehead atoms. The highest BCUT2D eigenvalue weighted by atomic mass is 32.1. The molecule has 1 heterocycles. The van der Waals surface area contributed by atoms with Crippen LogP contribution in [0.15, 0.2) is 29.6 Å². The lowest BCUT2D eigenvalue weighted by Gasteiger charge is -2.16. The number of thiazole rings is 1. The Bertz CT molecular complexity index is 580. The highest BCUT2D eigenvalue weighted by molar-refractivity contribution is 7.13. The van der Waals surface area contributed by atoms with E-state index in [-0.39, 0.29) is 5.91 Å². The van der Waals surface area contributed by atoms with Crippen LogP contribution in [0.4, 0.5) is 5.13 Å². The smallest absolute Gasteiger partial charge is 0.273 e. The van der Waals surface area contributed by atoms with Gasteiger partial charge in [0, 0.05) is 19.0 Å². The number of rotatable bonds is 5. The van der Waals surface area contributed by atoms with Crippen LogP contribution in [0, 0.1) is 0 Å². The molecule has 5 nitrogen and oxygen atoms in total. The van der Waals surface area contributed by atoms with Crippen molar-refractivity contribution in [3.63, 3.8) is 0 Å². The summed E-state index contributed by atoms with van der Waals surface area (Å²) in [6.45, 7) is 3.10. The van der Waals surface area contributed by atoms with Crippen LogP contribution >= 0.6 is 11.3 Å². The Morgan fingerprint density at radius 3 is 2.65 bits per heavy atom. The Morgan fingerprint density at radius 1 is 1.40 bits per heavy atom. The molecule has 2 aromatic rings. The number of hydrogen-bond donors (Lipinski definition) is 1. The minimum atomic E-state index is -0.133. The second-order valence-electron chi connectivity index (χ2n) is 4.31. The normalized spacial score (nSPS) is 10.3. The predicted octanol–water partition coefficient (Wildman–Crippen LogP) is 2.40. The summed E-state index contributed by atoms with van der Waals surface area (Å²) in [5, 5.41) is 2.08. The zero-order valence-corrected chi connectivity index (χ0v) is 12.3. The number of anilines is 1. The molecule has 2 rings (SSSR count). The summed E-state index contributed by atoms with van der Waals surface area (Å²) in [7, 11) is 1.74. The van der Waals surface area contributed by atoms with Gasteiger partial charge < -0.3 is 15.4 Å². The van der Waals surface area contributed by atoms with Crippen molar-refractivity contribution < 1.29 is 9.53 Å². The van der Waals surface area contributed by atoms with Gasteiger partial charge in [-0.1, -0.05) is 12.1 Å². The second kappa shape index (κ2) is 6.38. The van der Waals surface area contributed by atoms with Crippen molar-refractivity contribution in [2.45, 2.75) is 13.5 Å². The number of nitrogen functional groups attached to an aromatic ring is 1.